The summed E-state index contributed by atoms with van der Waals surface area (Å²) < 4.78 is 0. The molecule has 110 valence electrons. The first-order valence-corrected chi connectivity index (χ1v) is 10.9. The average molecular weight is 388 g/mol. The van der Waals surface area contributed by atoms with Gasteiger partial charge in [0.15, 0.2) is 8.07 Å². The smallest absolute Gasteiger partial charge is 0.0951 e. The predicted octanol–water partition coefficient (Wildman–Crippen LogP) is 3.74. The lowest BCUT2D eigenvalue weighted by molar-refractivity contribution is 1.66. The van der Waals surface area contributed by atoms with Crippen LogP contribution in [0.25, 0.3) is 0 Å². The van der Waals surface area contributed by atoms with Gasteiger partial charge in [0.05, 0.1) is 0 Å². The molecule has 0 aromatic heterocycles. The van der Waals surface area contributed by atoms with Crippen LogP contribution in [0.15, 0.2) is 84.9 Å². The van der Waals surface area contributed by atoms with E-state index in [9.17, 15) is 0 Å². The Balaban J connectivity index is 2.28. The zero-order valence-electron chi connectivity index (χ0n) is 12.0. The van der Waals surface area contributed by atoms with Crippen molar-refractivity contribution in [1.82, 2.24) is 0 Å². The maximum Gasteiger partial charge on any atom is 0.158 e. The SMILES string of the molecule is Clc1ccc([Si](CBr)(c2ccccc2)c2ccccc2)cc1. The van der Waals surface area contributed by atoms with Crippen molar-refractivity contribution in [2.24, 2.45) is 0 Å². The lowest BCUT2D eigenvalue weighted by Gasteiger charge is -2.31. The third-order valence-electron chi connectivity index (χ3n) is 4.07. The van der Waals surface area contributed by atoms with Gasteiger partial charge in [-0.1, -0.05) is 100 Å². The van der Waals surface area contributed by atoms with Gasteiger partial charge in [-0.2, -0.15) is 0 Å². The van der Waals surface area contributed by atoms with Crippen LogP contribution in [0.1, 0.15) is 0 Å². The molecule has 3 rings (SSSR count). The van der Waals surface area contributed by atoms with Crippen LogP contribution in [0.2, 0.25) is 5.02 Å². The van der Waals surface area contributed by atoms with Crippen LogP contribution in [-0.4, -0.2) is 13.0 Å². The second kappa shape index (κ2) is 6.82. The predicted molar refractivity (Wildman–Crippen MR) is 103 cm³/mol. The highest BCUT2D eigenvalue weighted by Gasteiger charge is 2.38. The second-order valence-electron chi connectivity index (χ2n) is 5.28. The normalized spacial score (nSPS) is 11.4. The zero-order valence-corrected chi connectivity index (χ0v) is 15.4. The van der Waals surface area contributed by atoms with E-state index in [1.54, 1.807) is 0 Å². The molecule has 3 aromatic carbocycles. The van der Waals surface area contributed by atoms with Crippen LogP contribution < -0.4 is 15.6 Å². The van der Waals surface area contributed by atoms with E-state index in [1.165, 1.54) is 15.6 Å². The Hall–Kier alpha value is -1.35. The van der Waals surface area contributed by atoms with Gasteiger partial charge in [0, 0.05) is 9.98 Å². The van der Waals surface area contributed by atoms with E-state index < -0.39 is 8.07 Å². The number of halogens is 2. The number of hydrogen-bond donors (Lipinski definition) is 0. The fourth-order valence-electron chi connectivity index (χ4n) is 2.91. The molecule has 0 bridgehead atoms. The number of alkyl halides is 1. The van der Waals surface area contributed by atoms with Crippen LogP contribution in [-0.2, 0) is 0 Å². The molecule has 0 spiro atoms. The van der Waals surface area contributed by atoms with Crippen molar-refractivity contribution >= 4 is 51.2 Å². The summed E-state index contributed by atoms with van der Waals surface area (Å²) in [6, 6.07) is 30.0. The van der Waals surface area contributed by atoms with E-state index in [1.807, 2.05) is 12.1 Å². The first-order chi connectivity index (χ1) is 10.8. The lowest BCUT2D eigenvalue weighted by Crippen LogP contribution is -2.68. The highest BCUT2D eigenvalue weighted by atomic mass is 79.9. The van der Waals surface area contributed by atoms with Gasteiger partial charge in [-0.15, -0.1) is 0 Å². The van der Waals surface area contributed by atoms with E-state index in [2.05, 4.69) is 88.7 Å². The molecule has 22 heavy (non-hydrogen) atoms. The van der Waals surface area contributed by atoms with Gasteiger partial charge in [-0.25, -0.2) is 0 Å². The Bertz CT molecular complexity index is 687. The van der Waals surface area contributed by atoms with Gasteiger partial charge < -0.3 is 0 Å². The zero-order chi connectivity index (χ0) is 15.4. The van der Waals surface area contributed by atoms with Crippen molar-refractivity contribution in [2.45, 2.75) is 0 Å². The van der Waals surface area contributed by atoms with E-state index in [0.29, 0.717) is 0 Å². The molecule has 3 aromatic rings. The minimum atomic E-state index is -2.06. The summed E-state index contributed by atoms with van der Waals surface area (Å²) in [6.07, 6.45) is 0. The molecular formula is C19H16BrClSi. The quantitative estimate of drug-likeness (QED) is 0.363. The first kappa shape index (κ1) is 15.5. The van der Waals surface area contributed by atoms with Gasteiger partial charge in [-0.05, 0) is 27.7 Å². The van der Waals surface area contributed by atoms with Crippen LogP contribution in [0.3, 0.4) is 0 Å². The average Bonchev–Trinajstić information content (AvgIpc) is 2.59. The molecule has 0 unspecified atom stereocenters. The fourth-order valence-corrected chi connectivity index (χ4v) is 9.67. The summed E-state index contributed by atoms with van der Waals surface area (Å²) in [6.45, 7) is 0. The van der Waals surface area contributed by atoms with Crippen LogP contribution in [0.4, 0.5) is 0 Å². The largest absolute Gasteiger partial charge is 0.158 e. The Morgan fingerprint density at radius 1 is 0.636 bits per heavy atom. The second-order valence-corrected chi connectivity index (χ2v) is 11.2. The van der Waals surface area contributed by atoms with Gasteiger partial charge >= 0.3 is 0 Å². The van der Waals surface area contributed by atoms with Crippen LogP contribution in [0, 0.1) is 0 Å². The van der Waals surface area contributed by atoms with Crippen molar-refractivity contribution in [3.05, 3.63) is 90.0 Å². The summed E-state index contributed by atoms with van der Waals surface area (Å²) in [7, 11) is -2.06. The molecule has 0 aliphatic rings. The molecule has 3 heteroatoms. The fraction of sp³-hybridized carbons (Fsp3) is 0.0526. The summed E-state index contributed by atoms with van der Waals surface area (Å²) in [5.41, 5.74) is 0. The minimum Gasteiger partial charge on any atom is -0.0951 e. The third-order valence-corrected chi connectivity index (χ3v) is 11.2. The molecule has 0 heterocycles. The topological polar surface area (TPSA) is 0 Å². The Morgan fingerprint density at radius 2 is 1.05 bits per heavy atom. The molecule has 0 radical (unpaired) electrons. The highest BCUT2D eigenvalue weighted by Crippen LogP contribution is 2.13. The van der Waals surface area contributed by atoms with Crippen molar-refractivity contribution in [1.29, 1.82) is 0 Å². The maximum atomic E-state index is 6.10. The highest BCUT2D eigenvalue weighted by molar-refractivity contribution is 9.09. The van der Waals surface area contributed by atoms with Crippen molar-refractivity contribution < 1.29 is 0 Å². The Morgan fingerprint density at radius 3 is 1.45 bits per heavy atom. The molecule has 0 aliphatic heterocycles. The summed E-state index contributed by atoms with van der Waals surface area (Å²) in [4.78, 5) is 0.940. The van der Waals surface area contributed by atoms with Crippen LogP contribution in [0.5, 0.6) is 0 Å². The molecule has 0 atom stereocenters. The van der Waals surface area contributed by atoms with Crippen molar-refractivity contribution in [2.75, 3.05) is 4.95 Å². The Labute approximate surface area is 145 Å². The van der Waals surface area contributed by atoms with E-state index >= 15 is 0 Å². The van der Waals surface area contributed by atoms with Gasteiger partial charge in [-0.3, -0.25) is 0 Å². The molecule has 0 aliphatic carbocycles. The van der Waals surface area contributed by atoms with Crippen molar-refractivity contribution in [3.8, 4) is 0 Å². The molecule has 0 nitrogen and oxygen atoms in total. The standard InChI is InChI=1S/C19H16BrClSi/c20-15-22(17-7-3-1-4-8-17,18-9-5-2-6-10-18)19-13-11-16(21)12-14-19/h1-14H,15H2. The van der Waals surface area contributed by atoms with E-state index in [0.717, 1.165) is 9.98 Å². The molecule has 0 saturated carbocycles. The van der Waals surface area contributed by atoms with Gasteiger partial charge in [0.25, 0.3) is 0 Å². The van der Waals surface area contributed by atoms with Gasteiger partial charge in [0.2, 0.25) is 0 Å². The third kappa shape index (κ3) is 2.79. The van der Waals surface area contributed by atoms with Crippen molar-refractivity contribution in [3.63, 3.8) is 0 Å². The lowest BCUT2D eigenvalue weighted by atomic mass is 10.3. The number of benzene rings is 3. The van der Waals surface area contributed by atoms with Crippen LogP contribution >= 0.6 is 27.5 Å². The van der Waals surface area contributed by atoms with E-state index in [4.69, 9.17) is 11.6 Å². The monoisotopic (exact) mass is 386 g/mol. The summed E-state index contributed by atoms with van der Waals surface area (Å²) >= 11 is 9.93. The molecule has 0 amide bonds. The first-order valence-electron chi connectivity index (χ1n) is 7.20. The number of hydrogen-bond acceptors (Lipinski definition) is 0. The molecule has 0 fully saturated rings. The molecule has 0 N–H and O–H groups in total. The summed E-state index contributed by atoms with van der Waals surface area (Å²) in [5.74, 6) is 0. The molecular weight excluding hydrogens is 372 g/mol. The van der Waals surface area contributed by atoms with E-state index in [-0.39, 0.29) is 0 Å². The maximum absolute atomic E-state index is 6.10. The number of rotatable bonds is 4. The van der Waals surface area contributed by atoms with Gasteiger partial charge in [0.1, 0.15) is 0 Å². The Kier molecular flexibility index (Phi) is 4.82. The molecule has 0 saturated heterocycles. The summed E-state index contributed by atoms with van der Waals surface area (Å²) in [5, 5.41) is 4.95. The minimum absolute atomic E-state index is 0.780.